The minimum atomic E-state index is -0.396. The van der Waals surface area contributed by atoms with Crippen molar-refractivity contribution in [3.63, 3.8) is 0 Å². The fourth-order valence-electron chi connectivity index (χ4n) is 0.975. The van der Waals surface area contributed by atoms with Gasteiger partial charge in [0.15, 0.2) is 0 Å². The molecule has 1 heteroatoms. The van der Waals surface area contributed by atoms with Crippen molar-refractivity contribution in [3.8, 4) is 0 Å². The topological polar surface area (TPSA) is 0 Å². The molecule has 0 aliphatic carbocycles. The zero-order chi connectivity index (χ0) is 12.6. The van der Waals surface area contributed by atoms with Crippen LogP contribution in [0.15, 0.2) is 72.1 Å². The van der Waals surface area contributed by atoms with Crippen LogP contribution in [0.5, 0.6) is 0 Å². The zero-order valence-electron chi connectivity index (χ0n) is 10.5. The van der Waals surface area contributed by atoms with E-state index in [1.54, 1.807) is 0 Å². The molecule has 0 atom stereocenters. The number of allylic oxidation sites excluding steroid dienone is 6. The van der Waals surface area contributed by atoms with E-state index in [9.17, 15) is 0 Å². The van der Waals surface area contributed by atoms with Crippen LogP contribution in [0.2, 0.25) is 0 Å². The first kappa shape index (κ1) is 14.9. The first-order valence-corrected chi connectivity index (χ1v) is 6.78. The molecule has 0 heterocycles. The van der Waals surface area contributed by atoms with Crippen molar-refractivity contribution in [1.29, 1.82) is 0 Å². The van der Waals surface area contributed by atoms with Crippen LogP contribution >= 0.6 is 7.92 Å². The highest BCUT2D eigenvalue weighted by molar-refractivity contribution is 7.67. The molecule has 16 heavy (non-hydrogen) atoms. The first-order valence-electron chi connectivity index (χ1n) is 5.23. The van der Waals surface area contributed by atoms with Crippen LogP contribution in [0.4, 0.5) is 0 Å². The summed E-state index contributed by atoms with van der Waals surface area (Å²) in [6, 6.07) is 0. The first-order chi connectivity index (χ1) is 7.53. The molecule has 0 radical (unpaired) electrons. The third-order valence-corrected chi connectivity index (χ3v) is 4.14. The molecule has 0 unspecified atom stereocenters. The normalized spacial score (nSPS) is 13.9. The maximum absolute atomic E-state index is 3.77. The third kappa shape index (κ3) is 6.37. The minimum Gasteiger partial charge on any atom is -0.0988 e. The molecule has 0 aliphatic rings. The van der Waals surface area contributed by atoms with Gasteiger partial charge in [-0.3, -0.25) is 0 Å². The Morgan fingerprint density at radius 2 is 0.938 bits per heavy atom. The molecule has 0 rings (SSSR count). The van der Waals surface area contributed by atoms with Crippen LogP contribution in [-0.2, 0) is 0 Å². The van der Waals surface area contributed by atoms with E-state index < -0.39 is 7.92 Å². The maximum Gasteiger partial charge on any atom is -0.0350 e. The van der Waals surface area contributed by atoms with Gasteiger partial charge in [0, 0.05) is 0 Å². The highest BCUT2D eigenvalue weighted by Gasteiger charge is 1.98. The molecule has 0 fully saturated rings. The summed E-state index contributed by atoms with van der Waals surface area (Å²) in [6.45, 7) is 17.5. The lowest BCUT2D eigenvalue weighted by Crippen LogP contribution is -1.71. The Bertz CT molecular complexity index is 297. The summed E-state index contributed by atoms with van der Waals surface area (Å²) in [7, 11) is -0.396. The van der Waals surface area contributed by atoms with E-state index in [-0.39, 0.29) is 0 Å². The monoisotopic (exact) mass is 232 g/mol. The fraction of sp³-hybridized carbons (Fsp3) is 0.200. The molecule has 0 aromatic heterocycles. The molecule has 0 saturated heterocycles. The number of hydrogen-bond acceptors (Lipinski definition) is 0. The predicted molar refractivity (Wildman–Crippen MR) is 78.8 cm³/mol. The maximum atomic E-state index is 3.77. The Labute approximate surface area is 101 Å². The summed E-state index contributed by atoms with van der Waals surface area (Å²) in [5.41, 5.74) is 3.60. The Morgan fingerprint density at radius 1 is 0.688 bits per heavy atom. The van der Waals surface area contributed by atoms with Gasteiger partial charge >= 0.3 is 0 Å². The van der Waals surface area contributed by atoms with Crippen molar-refractivity contribution in [2.45, 2.75) is 20.8 Å². The second-order valence-electron chi connectivity index (χ2n) is 3.68. The number of hydrogen-bond donors (Lipinski definition) is 0. The van der Waals surface area contributed by atoms with Crippen LogP contribution in [0, 0.1) is 0 Å². The lowest BCUT2D eigenvalue weighted by atomic mass is 10.3. The zero-order valence-corrected chi connectivity index (χ0v) is 11.4. The van der Waals surface area contributed by atoms with E-state index >= 15 is 0 Å². The third-order valence-electron chi connectivity index (χ3n) is 2.02. The van der Waals surface area contributed by atoms with Gasteiger partial charge < -0.3 is 0 Å². The molecule has 0 N–H and O–H groups in total. The average molecular weight is 232 g/mol. The molecular formula is C15H21P. The summed E-state index contributed by atoms with van der Waals surface area (Å²) in [5.74, 6) is 6.72. The minimum absolute atomic E-state index is 0.396. The largest absolute Gasteiger partial charge is 0.0988 e. The summed E-state index contributed by atoms with van der Waals surface area (Å²) in [6.07, 6.45) is 5.64. The van der Waals surface area contributed by atoms with E-state index in [2.05, 4.69) is 58.0 Å². The van der Waals surface area contributed by atoms with Gasteiger partial charge in [0.25, 0.3) is 0 Å². The van der Waals surface area contributed by atoms with Crippen molar-refractivity contribution >= 4 is 7.92 Å². The molecular weight excluding hydrogens is 211 g/mol. The molecule has 0 spiro atoms. The molecule has 0 aliphatic heterocycles. The van der Waals surface area contributed by atoms with E-state index in [1.165, 1.54) is 16.7 Å². The molecule has 0 bridgehead atoms. The Kier molecular flexibility index (Phi) is 7.50. The molecule has 0 aromatic carbocycles. The van der Waals surface area contributed by atoms with Crippen molar-refractivity contribution in [2.24, 2.45) is 0 Å². The van der Waals surface area contributed by atoms with Crippen LogP contribution in [0.3, 0.4) is 0 Å². The summed E-state index contributed by atoms with van der Waals surface area (Å²) in [5, 5.41) is 0. The predicted octanol–water partition coefficient (Wildman–Crippen LogP) is 5.74. The van der Waals surface area contributed by atoms with Crippen LogP contribution in [-0.4, -0.2) is 0 Å². The lowest BCUT2D eigenvalue weighted by Gasteiger charge is -2.06. The quantitative estimate of drug-likeness (QED) is 0.404. The van der Waals surface area contributed by atoms with Gasteiger partial charge in [0.1, 0.15) is 0 Å². The molecule has 0 nitrogen and oxygen atoms in total. The second-order valence-corrected chi connectivity index (χ2v) is 5.35. The van der Waals surface area contributed by atoms with E-state index in [0.29, 0.717) is 0 Å². The van der Waals surface area contributed by atoms with E-state index in [4.69, 9.17) is 0 Å². The second kappa shape index (κ2) is 8.07. The highest BCUT2D eigenvalue weighted by Crippen LogP contribution is 2.44. The standard InChI is InChI=1S/C15H21P/c1-7-13(4)10-16(11-14(5)8-2)12-15(6)9-3/h7-12H,1-3H2,4-6H3/b13-10+,14-11+,15-12+. The summed E-state index contributed by atoms with van der Waals surface area (Å²) in [4.78, 5) is 0. The van der Waals surface area contributed by atoms with Gasteiger partial charge in [-0.05, 0) is 46.1 Å². The highest BCUT2D eigenvalue weighted by atomic mass is 31.1. The average Bonchev–Trinajstić information content (AvgIpc) is 2.28. The fourth-order valence-corrected chi connectivity index (χ4v) is 2.93. The van der Waals surface area contributed by atoms with Gasteiger partial charge in [-0.2, -0.15) is 0 Å². The molecule has 0 saturated carbocycles. The van der Waals surface area contributed by atoms with Crippen LogP contribution < -0.4 is 0 Å². The summed E-state index contributed by atoms with van der Waals surface area (Å²) < 4.78 is 0. The SMILES string of the molecule is C=C/C(C)=C/P(/C=C(\C)C=C)/C=C(\C)C=C. The Hall–Kier alpha value is -1.13. The van der Waals surface area contributed by atoms with Crippen molar-refractivity contribution in [2.75, 3.05) is 0 Å². The van der Waals surface area contributed by atoms with Crippen LogP contribution in [0.25, 0.3) is 0 Å². The van der Waals surface area contributed by atoms with Gasteiger partial charge in [-0.25, -0.2) is 0 Å². The van der Waals surface area contributed by atoms with Gasteiger partial charge in [0.05, 0.1) is 0 Å². The summed E-state index contributed by atoms with van der Waals surface area (Å²) >= 11 is 0. The molecule has 0 aromatic rings. The van der Waals surface area contributed by atoms with Gasteiger partial charge in [-0.1, -0.05) is 54.7 Å². The Morgan fingerprint density at radius 3 is 1.12 bits per heavy atom. The van der Waals surface area contributed by atoms with Gasteiger partial charge in [-0.15, -0.1) is 0 Å². The van der Waals surface area contributed by atoms with Crippen molar-refractivity contribution in [3.05, 3.63) is 72.1 Å². The lowest BCUT2D eigenvalue weighted by molar-refractivity contribution is 1.54. The van der Waals surface area contributed by atoms with Crippen molar-refractivity contribution < 1.29 is 0 Å². The number of rotatable bonds is 6. The van der Waals surface area contributed by atoms with E-state index in [0.717, 1.165) is 0 Å². The van der Waals surface area contributed by atoms with Crippen molar-refractivity contribution in [1.82, 2.24) is 0 Å². The smallest absolute Gasteiger partial charge is 0.0350 e. The van der Waals surface area contributed by atoms with E-state index in [1.807, 2.05) is 18.2 Å². The molecule has 86 valence electrons. The van der Waals surface area contributed by atoms with Gasteiger partial charge in [0.2, 0.25) is 0 Å². The van der Waals surface area contributed by atoms with Crippen LogP contribution in [0.1, 0.15) is 20.8 Å². The Balaban J connectivity index is 5.13. The molecule has 0 amide bonds.